The van der Waals surface area contributed by atoms with Crippen molar-refractivity contribution in [1.82, 2.24) is 4.90 Å². The Morgan fingerprint density at radius 3 is 2.67 bits per heavy atom. The van der Waals surface area contributed by atoms with E-state index in [4.69, 9.17) is 5.11 Å². The lowest BCUT2D eigenvalue weighted by atomic mass is 10.1. The zero-order valence-electron chi connectivity index (χ0n) is 10.6. The van der Waals surface area contributed by atoms with E-state index in [9.17, 15) is 9.59 Å². The highest BCUT2D eigenvalue weighted by molar-refractivity contribution is 5.96. The molecule has 0 fully saturated rings. The number of hydrogen-bond acceptors (Lipinski definition) is 3. The zero-order chi connectivity index (χ0) is 13.5. The van der Waals surface area contributed by atoms with Gasteiger partial charge in [-0.1, -0.05) is 12.1 Å². The average Bonchev–Trinajstić information content (AvgIpc) is 2.36. The van der Waals surface area contributed by atoms with E-state index >= 15 is 0 Å². The first kappa shape index (κ1) is 14.2. The van der Waals surface area contributed by atoms with E-state index < -0.39 is 0 Å². The number of rotatable bonds is 5. The van der Waals surface area contributed by atoms with Crippen LogP contribution >= 0.6 is 0 Å². The summed E-state index contributed by atoms with van der Waals surface area (Å²) in [5, 5.41) is 11.5. The fourth-order valence-electron chi connectivity index (χ4n) is 1.54. The lowest BCUT2D eigenvalue weighted by Gasteiger charge is -2.20. The maximum absolute atomic E-state index is 11.8. The van der Waals surface area contributed by atoms with Gasteiger partial charge in [-0.3, -0.25) is 4.79 Å². The highest BCUT2D eigenvalue weighted by atomic mass is 16.3. The molecule has 0 saturated carbocycles. The summed E-state index contributed by atoms with van der Waals surface area (Å²) in [6, 6.07) is 6.48. The predicted molar refractivity (Wildman–Crippen MR) is 69.8 cm³/mol. The summed E-state index contributed by atoms with van der Waals surface area (Å²) in [4.78, 5) is 24.5. The Bertz CT molecular complexity index is 432. The van der Waals surface area contributed by atoms with E-state index in [2.05, 4.69) is 5.32 Å². The highest BCUT2D eigenvalue weighted by Gasteiger charge is 2.11. The molecule has 0 aromatic heterocycles. The Morgan fingerprint density at radius 2 is 2.11 bits per heavy atom. The Hall–Kier alpha value is -1.88. The third kappa shape index (κ3) is 3.85. The van der Waals surface area contributed by atoms with Crippen LogP contribution in [0.2, 0.25) is 0 Å². The number of hydrogen-bond donors (Lipinski definition) is 2. The van der Waals surface area contributed by atoms with E-state index in [-0.39, 0.29) is 25.0 Å². The molecule has 0 heterocycles. The van der Waals surface area contributed by atoms with Crippen molar-refractivity contribution in [2.45, 2.75) is 13.8 Å². The van der Waals surface area contributed by atoms with Crippen molar-refractivity contribution >= 4 is 17.5 Å². The normalized spacial score (nSPS) is 9.94. The summed E-state index contributed by atoms with van der Waals surface area (Å²) in [6.07, 6.45) is 0. The maximum Gasteiger partial charge on any atom is 0.321 e. The van der Waals surface area contributed by atoms with Gasteiger partial charge in [-0.2, -0.15) is 0 Å². The van der Waals surface area contributed by atoms with Gasteiger partial charge in [0.25, 0.3) is 0 Å². The van der Waals surface area contributed by atoms with Crippen molar-refractivity contribution in [3.63, 3.8) is 0 Å². The van der Waals surface area contributed by atoms with E-state index in [1.165, 1.54) is 11.8 Å². The van der Waals surface area contributed by atoms with Crippen LogP contribution < -0.4 is 5.32 Å². The lowest BCUT2D eigenvalue weighted by Crippen LogP contribution is -2.36. The van der Waals surface area contributed by atoms with Crippen LogP contribution in [0.1, 0.15) is 24.2 Å². The molecule has 0 aliphatic rings. The molecule has 0 aliphatic carbocycles. The number of aliphatic hydroxyl groups excluding tert-OH is 1. The number of likely N-dealkylation sites (N-methyl/N-ethyl adjacent to an activating group) is 1. The van der Waals surface area contributed by atoms with Crippen LogP contribution in [-0.4, -0.2) is 41.5 Å². The molecule has 0 radical (unpaired) electrons. The van der Waals surface area contributed by atoms with Crippen LogP contribution in [-0.2, 0) is 0 Å². The molecule has 0 bridgehead atoms. The van der Waals surface area contributed by atoms with Crippen molar-refractivity contribution in [1.29, 1.82) is 0 Å². The Kier molecular flexibility index (Phi) is 5.32. The predicted octanol–water partition coefficient (Wildman–Crippen LogP) is 1.74. The summed E-state index contributed by atoms with van der Waals surface area (Å²) >= 11 is 0. The molecular weight excluding hydrogens is 232 g/mol. The van der Waals surface area contributed by atoms with Crippen molar-refractivity contribution in [2.24, 2.45) is 0 Å². The number of urea groups is 1. The minimum atomic E-state index is -0.285. The largest absolute Gasteiger partial charge is 0.395 e. The number of Topliss-reactive ketones (excluding diaryl/α,β-unsaturated/α-hetero) is 1. The van der Waals surface area contributed by atoms with Crippen LogP contribution in [0.25, 0.3) is 0 Å². The molecule has 1 rings (SSSR count). The molecule has 5 nitrogen and oxygen atoms in total. The lowest BCUT2D eigenvalue weighted by molar-refractivity contribution is 0.101. The summed E-state index contributed by atoms with van der Waals surface area (Å²) in [5.41, 5.74) is 1.13. The fraction of sp³-hybridized carbons (Fsp3) is 0.385. The molecule has 2 N–H and O–H groups in total. The third-order valence-electron chi connectivity index (χ3n) is 2.56. The standard InChI is InChI=1S/C13H18N2O3/c1-3-15(7-8-16)13(18)14-12-6-4-5-11(9-12)10(2)17/h4-6,9,16H,3,7-8H2,1-2H3,(H,14,18). The van der Waals surface area contributed by atoms with Crippen LogP contribution in [0.3, 0.4) is 0 Å². The van der Waals surface area contributed by atoms with Gasteiger partial charge in [0.1, 0.15) is 0 Å². The van der Waals surface area contributed by atoms with Crippen LogP contribution in [0, 0.1) is 0 Å². The zero-order valence-corrected chi connectivity index (χ0v) is 10.6. The second-order valence-corrected chi connectivity index (χ2v) is 3.87. The molecule has 0 spiro atoms. The molecule has 0 atom stereocenters. The van der Waals surface area contributed by atoms with Gasteiger partial charge in [-0.25, -0.2) is 4.79 Å². The number of benzene rings is 1. The number of ketones is 1. The third-order valence-corrected chi connectivity index (χ3v) is 2.56. The number of carbonyl (C=O) groups excluding carboxylic acids is 2. The summed E-state index contributed by atoms with van der Waals surface area (Å²) in [6.45, 7) is 4.04. The molecule has 0 saturated heterocycles. The fourth-order valence-corrected chi connectivity index (χ4v) is 1.54. The maximum atomic E-state index is 11.8. The Labute approximate surface area is 106 Å². The van der Waals surface area contributed by atoms with Crippen molar-refractivity contribution in [2.75, 3.05) is 25.0 Å². The van der Waals surface area contributed by atoms with Gasteiger partial charge in [-0.05, 0) is 26.0 Å². The molecule has 0 aliphatic heterocycles. The molecule has 0 unspecified atom stereocenters. The summed E-state index contributed by atoms with van der Waals surface area (Å²) in [5.74, 6) is -0.0474. The van der Waals surface area contributed by atoms with E-state index in [0.29, 0.717) is 17.8 Å². The molecule has 5 heteroatoms. The van der Waals surface area contributed by atoms with Gasteiger partial charge in [0.15, 0.2) is 5.78 Å². The second-order valence-electron chi connectivity index (χ2n) is 3.87. The Morgan fingerprint density at radius 1 is 1.39 bits per heavy atom. The average molecular weight is 250 g/mol. The smallest absolute Gasteiger partial charge is 0.321 e. The van der Waals surface area contributed by atoms with Crippen LogP contribution in [0.4, 0.5) is 10.5 Å². The second kappa shape index (κ2) is 6.76. The molecule has 18 heavy (non-hydrogen) atoms. The first-order valence-corrected chi connectivity index (χ1v) is 5.86. The molecule has 1 aromatic rings. The number of nitrogens with zero attached hydrogens (tertiary/aromatic N) is 1. The number of amides is 2. The number of aliphatic hydroxyl groups is 1. The van der Waals surface area contributed by atoms with E-state index in [0.717, 1.165) is 0 Å². The minimum Gasteiger partial charge on any atom is -0.395 e. The first-order chi connectivity index (χ1) is 8.58. The number of nitrogens with one attached hydrogen (secondary N) is 1. The van der Waals surface area contributed by atoms with Crippen LogP contribution in [0.5, 0.6) is 0 Å². The quantitative estimate of drug-likeness (QED) is 0.782. The van der Waals surface area contributed by atoms with E-state index in [1.807, 2.05) is 6.92 Å². The SMILES string of the molecule is CCN(CCO)C(=O)Nc1cccc(C(C)=O)c1. The highest BCUT2D eigenvalue weighted by Crippen LogP contribution is 2.11. The van der Waals surface area contributed by atoms with Gasteiger partial charge in [0, 0.05) is 24.3 Å². The minimum absolute atomic E-state index is 0.0474. The molecule has 2 amide bonds. The number of carbonyl (C=O) groups is 2. The van der Waals surface area contributed by atoms with Gasteiger partial charge >= 0.3 is 6.03 Å². The number of anilines is 1. The monoisotopic (exact) mass is 250 g/mol. The molecule has 1 aromatic carbocycles. The summed E-state index contributed by atoms with van der Waals surface area (Å²) < 4.78 is 0. The van der Waals surface area contributed by atoms with Crippen molar-refractivity contribution < 1.29 is 14.7 Å². The van der Waals surface area contributed by atoms with Gasteiger partial charge in [0.2, 0.25) is 0 Å². The van der Waals surface area contributed by atoms with Crippen LogP contribution in [0.15, 0.2) is 24.3 Å². The molecular formula is C13H18N2O3. The summed E-state index contributed by atoms with van der Waals surface area (Å²) in [7, 11) is 0. The van der Waals surface area contributed by atoms with Gasteiger partial charge < -0.3 is 15.3 Å². The Balaban J connectivity index is 2.74. The molecule has 98 valence electrons. The topological polar surface area (TPSA) is 69.6 Å². The van der Waals surface area contributed by atoms with Gasteiger partial charge in [-0.15, -0.1) is 0 Å². The van der Waals surface area contributed by atoms with Crippen molar-refractivity contribution in [3.05, 3.63) is 29.8 Å². The van der Waals surface area contributed by atoms with E-state index in [1.54, 1.807) is 24.3 Å². The van der Waals surface area contributed by atoms with Gasteiger partial charge in [0.05, 0.1) is 6.61 Å². The first-order valence-electron chi connectivity index (χ1n) is 5.86. The van der Waals surface area contributed by atoms with Crippen molar-refractivity contribution in [3.8, 4) is 0 Å².